The maximum absolute atomic E-state index is 14.5. The zero-order chi connectivity index (χ0) is 47.6. The molecule has 1 amide bonds. The maximum atomic E-state index is 14.5. The van der Waals surface area contributed by atoms with Gasteiger partial charge in [-0.2, -0.15) is 0 Å². The second kappa shape index (κ2) is 23.4. The lowest BCUT2D eigenvalue weighted by Gasteiger charge is -2.47. The van der Waals surface area contributed by atoms with Crippen molar-refractivity contribution in [1.29, 1.82) is 0 Å². The Bertz CT molecular complexity index is 1860. The number of methoxy groups -OCH3 is 3. The monoisotopic (exact) mass is 908 g/mol. The lowest BCUT2D eigenvalue weighted by atomic mass is 9.74. The molecule has 1 saturated carbocycles. The largest absolute Gasteiger partial charge is 0.456 e. The van der Waals surface area contributed by atoms with Crippen molar-refractivity contribution in [1.82, 2.24) is 4.90 Å². The molecule has 13 nitrogen and oxygen atoms in total. The fourth-order valence-corrected chi connectivity index (χ4v) is 10.7. The quantitative estimate of drug-likeness (QED) is 0.132. The Morgan fingerprint density at radius 2 is 1.62 bits per heavy atom. The number of carbonyl (C=O) groups is 4. The standard InChI is InChI=1S/C52H77NO12/c1-10-39-26-32(2)25-33(3)27-43(61-7)47-44(62-8)29-35(5)52(60,65-47)48(56)49(57)53-24-15-14-20-40(53)50(58)64-46(36(6)41(54)31-42(39)55)34(4)28-38-21-23-51(59,45(30-38)63-9)22-16-19-37-17-12-11-13-18-37/h11-13,16-19,26,28,33,35-36,38-41,43-47,54,59-60H,10,14-15,20-25,27,29-31H2,1-9H3/b19-16?,32-26+,34-28?. The number of rotatable bonds is 9. The van der Waals surface area contributed by atoms with Crippen LogP contribution < -0.4 is 0 Å². The Morgan fingerprint density at radius 3 is 2.28 bits per heavy atom. The molecule has 14 unspecified atom stereocenters. The molecule has 2 bridgehead atoms. The van der Waals surface area contributed by atoms with Crippen LogP contribution in [0.3, 0.4) is 0 Å². The minimum atomic E-state index is -2.52. The number of hydrogen-bond acceptors (Lipinski definition) is 12. The minimum Gasteiger partial charge on any atom is -0.456 e. The third-order valence-electron chi connectivity index (χ3n) is 14.7. The number of nitrogens with zero attached hydrogens (tertiary/aromatic N) is 1. The summed E-state index contributed by atoms with van der Waals surface area (Å²) in [5.41, 5.74) is 1.58. The first-order chi connectivity index (χ1) is 30.9. The van der Waals surface area contributed by atoms with Gasteiger partial charge in [-0.15, -0.1) is 0 Å². The summed E-state index contributed by atoms with van der Waals surface area (Å²) in [5.74, 6) is -7.69. The van der Waals surface area contributed by atoms with Gasteiger partial charge in [-0.25, -0.2) is 4.79 Å². The molecule has 1 aromatic carbocycles. The Balaban J connectivity index is 1.48. The number of ether oxygens (including phenoxy) is 5. The highest BCUT2D eigenvalue weighted by Crippen LogP contribution is 2.41. The second-order valence-corrected chi connectivity index (χ2v) is 19.6. The second-order valence-electron chi connectivity index (χ2n) is 19.6. The molecule has 362 valence electrons. The summed E-state index contributed by atoms with van der Waals surface area (Å²) in [5, 5.41) is 35.8. The summed E-state index contributed by atoms with van der Waals surface area (Å²) in [7, 11) is 4.66. The van der Waals surface area contributed by atoms with Crippen LogP contribution in [0.1, 0.15) is 124 Å². The van der Waals surface area contributed by atoms with E-state index >= 15 is 0 Å². The number of cyclic esters (lactones) is 1. The predicted molar refractivity (Wildman–Crippen MR) is 247 cm³/mol. The SMILES string of the molecule is CCC1/C=C(\C)CC(C)CC(OC)C2OC(O)(C(=O)C(=O)N3CCCCC3C(=O)OC(C(C)=CC3CCC(O)(CC=Cc4ccccc4)C(OC)C3)C(C)C(O)CC1=O)C(C)CC2OC. The minimum absolute atomic E-state index is 0.0239. The van der Waals surface area contributed by atoms with Crippen molar-refractivity contribution in [2.24, 2.45) is 29.6 Å². The molecule has 3 aliphatic heterocycles. The molecule has 2 saturated heterocycles. The maximum Gasteiger partial charge on any atom is 0.329 e. The van der Waals surface area contributed by atoms with Gasteiger partial charge in [-0.05, 0) is 107 Å². The molecule has 1 aliphatic carbocycles. The van der Waals surface area contributed by atoms with Gasteiger partial charge >= 0.3 is 5.97 Å². The molecule has 1 aromatic rings. The van der Waals surface area contributed by atoms with Crippen LogP contribution in [-0.4, -0.2) is 126 Å². The molecule has 65 heavy (non-hydrogen) atoms. The number of amides is 1. The molecule has 13 heteroatoms. The van der Waals surface area contributed by atoms with E-state index in [9.17, 15) is 34.5 Å². The van der Waals surface area contributed by atoms with Crippen molar-refractivity contribution < 1.29 is 58.2 Å². The number of esters is 1. The Hall–Kier alpha value is -3.56. The molecular formula is C52H77NO12. The molecule has 0 aromatic heterocycles. The number of hydrogen-bond donors (Lipinski definition) is 3. The number of aliphatic hydroxyl groups is 3. The van der Waals surface area contributed by atoms with E-state index < -0.39 is 89.5 Å². The molecule has 0 spiro atoms. The first-order valence-electron chi connectivity index (χ1n) is 23.9. The molecule has 3 heterocycles. The number of ketones is 2. The zero-order valence-corrected chi connectivity index (χ0v) is 40.3. The number of Topliss-reactive ketones (excluding diaryl/α,β-unsaturated/α-hetero) is 2. The number of fused-ring (bicyclic) bond motifs is 3. The van der Waals surface area contributed by atoms with Crippen molar-refractivity contribution in [3.8, 4) is 0 Å². The summed E-state index contributed by atoms with van der Waals surface area (Å²) >= 11 is 0. The van der Waals surface area contributed by atoms with E-state index in [0.717, 1.165) is 11.1 Å². The van der Waals surface area contributed by atoms with E-state index in [0.29, 0.717) is 63.4 Å². The number of allylic oxidation sites excluding steroid dienone is 3. The third kappa shape index (κ3) is 12.7. The van der Waals surface area contributed by atoms with Crippen LogP contribution in [-0.2, 0) is 42.9 Å². The average molecular weight is 908 g/mol. The molecule has 4 aliphatic rings. The zero-order valence-electron chi connectivity index (χ0n) is 40.3. The summed E-state index contributed by atoms with van der Waals surface area (Å²) in [6.45, 7) is 11.3. The highest BCUT2D eigenvalue weighted by Gasteiger charge is 2.56. The summed E-state index contributed by atoms with van der Waals surface area (Å²) in [6.07, 6.45) is 8.17. The highest BCUT2D eigenvalue weighted by atomic mass is 16.7. The van der Waals surface area contributed by atoms with E-state index in [1.807, 2.05) is 75.4 Å². The van der Waals surface area contributed by atoms with Gasteiger partial charge in [0.15, 0.2) is 0 Å². The van der Waals surface area contributed by atoms with E-state index in [2.05, 4.69) is 6.92 Å². The number of piperidine rings is 1. The van der Waals surface area contributed by atoms with Crippen molar-refractivity contribution in [3.63, 3.8) is 0 Å². The first kappa shape index (κ1) is 52.4. The average Bonchev–Trinajstić information content (AvgIpc) is 3.29. The van der Waals surface area contributed by atoms with Gasteiger partial charge < -0.3 is 43.9 Å². The number of aliphatic hydroxyl groups excluding tert-OH is 1. The van der Waals surface area contributed by atoms with Crippen LogP contribution >= 0.6 is 0 Å². The van der Waals surface area contributed by atoms with Gasteiger partial charge in [0.05, 0.1) is 30.0 Å². The van der Waals surface area contributed by atoms with Gasteiger partial charge in [0, 0.05) is 52.0 Å². The molecule has 5 rings (SSSR count). The van der Waals surface area contributed by atoms with Gasteiger partial charge in [0.25, 0.3) is 11.7 Å². The molecule has 14 atom stereocenters. The van der Waals surface area contributed by atoms with Crippen molar-refractivity contribution >= 4 is 29.5 Å². The lowest BCUT2D eigenvalue weighted by molar-refractivity contribution is -0.302. The van der Waals surface area contributed by atoms with Crippen LogP contribution in [0.2, 0.25) is 0 Å². The first-order valence-corrected chi connectivity index (χ1v) is 23.9. The lowest BCUT2D eigenvalue weighted by Crippen LogP contribution is -2.64. The fraction of sp³-hybridized carbons (Fsp3) is 0.692. The highest BCUT2D eigenvalue weighted by molar-refractivity contribution is 6.39. The van der Waals surface area contributed by atoms with E-state index in [1.54, 1.807) is 21.0 Å². The summed E-state index contributed by atoms with van der Waals surface area (Å²) < 4.78 is 30.3. The van der Waals surface area contributed by atoms with Crippen molar-refractivity contribution in [3.05, 3.63) is 65.3 Å². The van der Waals surface area contributed by atoms with Crippen molar-refractivity contribution in [2.45, 2.75) is 173 Å². The van der Waals surface area contributed by atoms with Crippen LogP contribution in [0.4, 0.5) is 0 Å². The number of benzene rings is 1. The third-order valence-corrected chi connectivity index (χ3v) is 14.7. The van der Waals surface area contributed by atoms with E-state index in [4.69, 9.17) is 23.7 Å². The molecular weight excluding hydrogens is 831 g/mol. The van der Waals surface area contributed by atoms with Crippen molar-refractivity contribution in [2.75, 3.05) is 27.9 Å². The van der Waals surface area contributed by atoms with Gasteiger partial charge in [-0.1, -0.05) is 87.9 Å². The van der Waals surface area contributed by atoms with Gasteiger partial charge in [-0.3, -0.25) is 14.4 Å². The molecule has 0 radical (unpaired) electrons. The Labute approximate surface area is 386 Å². The fourth-order valence-electron chi connectivity index (χ4n) is 10.7. The van der Waals surface area contributed by atoms with Crippen LogP contribution in [0, 0.1) is 29.6 Å². The summed E-state index contributed by atoms with van der Waals surface area (Å²) in [4.78, 5) is 58.4. The smallest absolute Gasteiger partial charge is 0.329 e. The Kier molecular flexibility index (Phi) is 18.9. The Morgan fingerprint density at radius 1 is 0.923 bits per heavy atom. The van der Waals surface area contributed by atoms with E-state index in [-0.39, 0.29) is 43.4 Å². The normalized spacial score (nSPS) is 38.7. The molecule has 3 N–H and O–H groups in total. The van der Waals surface area contributed by atoms with Crippen LogP contribution in [0.15, 0.2) is 59.7 Å². The topological polar surface area (TPSA) is 178 Å². The predicted octanol–water partition coefficient (Wildman–Crippen LogP) is 6.95. The summed E-state index contributed by atoms with van der Waals surface area (Å²) in [6, 6.07) is 8.73. The number of carbonyl (C=O) groups excluding carboxylic acids is 4. The van der Waals surface area contributed by atoms with E-state index in [1.165, 1.54) is 19.1 Å². The van der Waals surface area contributed by atoms with Gasteiger partial charge in [0.1, 0.15) is 24.0 Å². The van der Waals surface area contributed by atoms with Crippen LogP contribution in [0.25, 0.3) is 6.08 Å². The molecule has 3 fully saturated rings. The van der Waals surface area contributed by atoms with Gasteiger partial charge in [0.2, 0.25) is 5.79 Å². The van der Waals surface area contributed by atoms with Crippen LogP contribution in [0.5, 0.6) is 0 Å².